The number of hydrogen-bond donors (Lipinski definition) is 1. The molecule has 0 unspecified atom stereocenters. The number of hydrogen-bond acceptors (Lipinski definition) is 3. The molecule has 1 aliphatic heterocycles. The van der Waals surface area contributed by atoms with Gasteiger partial charge >= 0.3 is 5.97 Å². The zero-order valence-corrected chi connectivity index (χ0v) is 6.14. The van der Waals surface area contributed by atoms with E-state index in [0.29, 0.717) is 5.71 Å². The summed E-state index contributed by atoms with van der Waals surface area (Å²) < 4.78 is 0. The van der Waals surface area contributed by atoms with Crippen molar-refractivity contribution in [1.82, 2.24) is 0 Å². The summed E-state index contributed by atoms with van der Waals surface area (Å²) in [5.41, 5.74) is 1.33. The van der Waals surface area contributed by atoms with Gasteiger partial charge < -0.3 is 5.11 Å². The molecule has 0 aromatic carbocycles. The average molecular weight is 162 g/mol. The number of allylic oxidation sites excluding steroid dienone is 3. The van der Waals surface area contributed by atoms with E-state index in [1.54, 1.807) is 24.4 Å². The van der Waals surface area contributed by atoms with Crippen molar-refractivity contribution in [3.63, 3.8) is 0 Å². The van der Waals surface area contributed by atoms with Crippen LogP contribution in [0.5, 0.6) is 0 Å². The second-order valence-corrected chi connectivity index (χ2v) is 2.55. The Morgan fingerprint density at radius 1 is 1.58 bits per heavy atom. The third kappa shape index (κ3) is 0.887. The van der Waals surface area contributed by atoms with Crippen LogP contribution >= 0.6 is 0 Å². The minimum absolute atomic E-state index is 0.532. The molecule has 1 aliphatic carbocycles. The van der Waals surface area contributed by atoms with E-state index in [9.17, 15) is 4.79 Å². The third-order valence-corrected chi connectivity index (χ3v) is 1.80. The molecular formula is C8H6N2O2. The first kappa shape index (κ1) is 6.97. The number of carboxylic acid groups (broad SMARTS) is 1. The molecule has 0 aromatic heterocycles. The van der Waals surface area contributed by atoms with Gasteiger partial charge in [0, 0.05) is 5.57 Å². The van der Waals surface area contributed by atoms with Crippen molar-refractivity contribution in [2.24, 2.45) is 16.1 Å². The lowest BCUT2D eigenvalue weighted by Gasteiger charge is -2.10. The quantitative estimate of drug-likeness (QED) is 0.614. The zero-order chi connectivity index (χ0) is 8.55. The standard InChI is InChI=1S/C8H6N2O2/c11-8(12)6-3-1-2-5-4-9-10-7(5)6/h1-4,6H,(H,11,12)/t6-/m0/s1. The number of carboxylic acids is 1. The maximum absolute atomic E-state index is 10.7. The predicted molar refractivity (Wildman–Crippen MR) is 44.3 cm³/mol. The van der Waals surface area contributed by atoms with Gasteiger partial charge in [-0.3, -0.25) is 4.79 Å². The van der Waals surface area contributed by atoms with Crippen LogP contribution in [0.25, 0.3) is 0 Å². The van der Waals surface area contributed by atoms with Crippen LogP contribution in [0.1, 0.15) is 0 Å². The number of nitrogens with zero attached hydrogens (tertiary/aromatic N) is 2. The van der Waals surface area contributed by atoms with Gasteiger partial charge in [0.05, 0.1) is 11.9 Å². The number of rotatable bonds is 1. The van der Waals surface area contributed by atoms with Crippen LogP contribution in [0.2, 0.25) is 0 Å². The summed E-state index contributed by atoms with van der Waals surface area (Å²) in [6, 6.07) is 0. The third-order valence-electron chi connectivity index (χ3n) is 1.80. The molecule has 4 heteroatoms. The Bertz CT molecular complexity index is 350. The first-order chi connectivity index (χ1) is 5.79. The monoisotopic (exact) mass is 162 g/mol. The molecule has 0 saturated heterocycles. The molecule has 0 radical (unpaired) electrons. The fourth-order valence-corrected chi connectivity index (χ4v) is 1.21. The Balaban J connectivity index is 2.39. The molecule has 2 rings (SSSR count). The molecule has 0 saturated carbocycles. The van der Waals surface area contributed by atoms with E-state index in [-0.39, 0.29) is 0 Å². The minimum Gasteiger partial charge on any atom is -0.481 e. The highest BCUT2D eigenvalue weighted by Crippen LogP contribution is 2.18. The highest BCUT2D eigenvalue weighted by molar-refractivity contribution is 6.25. The Kier molecular flexibility index (Phi) is 1.40. The summed E-state index contributed by atoms with van der Waals surface area (Å²) in [6.07, 6.45) is 6.67. The van der Waals surface area contributed by atoms with Gasteiger partial charge in [-0.2, -0.15) is 10.2 Å². The molecule has 1 atom stereocenters. The topological polar surface area (TPSA) is 62.0 Å². The van der Waals surface area contributed by atoms with Crippen LogP contribution in [0.15, 0.2) is 34.0 Å². The SMILES string of the molecule is O=C(O)[C@H]1C=CC=C2C=NN=C21. The molecule has 12 heavy (non-hydrogen) atoms. The molecule has 1 N–H and O–H groups in total. The van der Waals surface area contributed by atoms with Crippen LogP contribution in [0, 0.1) is 5.92 Å². The van der Waals surface area contributed by atoms with Gasteiger partial charge in [-0.05, 0) is 0 Å². The number of carbonyl (C=O) groups is 1. The summed E-state index contributed by atoms with van der Waals surface area (Å²) in [4.78, 5) is 10.7. The van der Waals surface area contributed by atoms with Crippen LogP contribution in [-0.4, -0.2) is 23.0 Å². The van der Waals surface area contributed by atoms with Crippen molar-refractivity contribution in [2.45, 2.75) is 0 Å². The number of fused-ring (bicyclic) bond motifs is 1. The van der Waals surface area contributed by atoms with Crippen molar-refractivity contribution < 1.29 is 9.90 Å². The van der Waals surface area contributed by atoms with E-state index in [4.69, 9.17) is 5.11 Å². The summed E-state index contributed by atoms with van der Waals surface area (Å²) in [7, 11) is 0. The Hall–Kier alpha value is -1.71. The van der Waals surface area contributed by atoms with Crippen LogP contribution in [-0.2, 0) is 4.79 Å². The summed E-state index contributed by atoms with van der Waals surface area (Å²) in [6.45, 7) is 0. The molecule has 0 amide bonds. The van der Waals surface area contributed by atoms with Crippen LogP contribution in [0.3, 0.4) is 0 Å². The van der Waals surface area contributed by atoms with Crippen LogP contribution < -0.4 is 0 Å². The van der Waals surface area contributed by atoms with Crippen molar-refractivity contribution in [3.8, 4) is 0 Å². The average Bonchev–Trinajstić information content (AvgIpc) is 2.49. The van der Waals surface area contributed by atoms with Gasteiger partial charge in [0.2, 0.25) is 0 Å². The van der Waals surface area contributed by atoms with Gasteiger partial charge in [-0.25, -0.2) is 0 Å². The van der Waals surface area contributed by atoms with Crippen molar-refractivity contribution >= 4 is 17.9 Å². The maximum atomic E-state index is 10.7. The number of aliphatic carboxylic acids is 1. The first-order valence-corrected chi connectivity index (χ1v) is 3.51. The Labute approximate surface area is 68.6 Å². The van der Waals surface area contributed by atoms with E-state index in [0.717, 1.165) is 5.57 Å². The van der Waals surface area contributed by atoms with Crippen molar-refractivity contribution in [2.75, 3.05) is 0 Å². The van der Waals surface area contributed by atoms with E-state index < -0.39 is 11.9 Å². The normalized spacial score (nSPS) is 24.8. The van der Waals surface area contributed by atoms with Crippen molar-refractivity contribution in [1.29, 1.82) is 0 Å². The summed E-state index contributed by atoms with van der Waals surface area (Å²) in [5.74, 6) is -1.52. The lowest BCUT2D eigenvalue weighted by molar-refractivity contribution is -0.138. The van der Waals surface area contributed by atoms with Crippen molar-refractivity contribution in [3.05, 3.63) is 23.8 Å². The molecule has 60 valence electrons. The van der Waals surface area contributed by atoms with E-state index in [1.165, 1.54) is 0 Å². The Morgan fingerprint density at radius 3 is 3.17 bits per heavy atom. The molecule has 4 nitrogen and oxygen atoms in total. The highest BCUT2D eigenvalue weighted by atomic mass is 16.4. The van der Waals surface area contributed by atoms with Crippen LogP contribution in [0.4, 0.5) is 0 Å². The van der Waals surface area contributed by atoms with Gasteiger partial charge in [0.25, 0.3) is 0 Å². The molecule has 0 aromatic rings. The Morgan fingerprint density at radius 2 is 2.42 bits per heavy atom. The van der Waals surface area contributed by atoms with E-state index >= 15 is 0 Å². The maximum Gasteiger partial charge on any atom is 0.316 e. The fraction of sp³-hybridized carbons (Fsp3) is 0.125. The molecular weight excluding hydrogens is 156 g/mol. The largest absolute Gasteiger partial charge is 0.481 e. The lowest BCUT2D eigenvalue weighted by atomic mass is 9.93. The highest BCUT2D eigenvalue weighted by Gasteiger charge is 2.27. The molecule has 0 spiro atoms. The zero-order valence-electron chi connectivity index (χ0n) is 6.14. The molecule has 0 fully saturated rings. The van der Waals surface area contributed by atoms with Gasteiger partial charge in [0.15, 0.2) is 0 Å². The minimum atomic E-state index is -0.888. The second-order valence-electron chi connectivity index (χ2n) is 2.55. The summed E-state index contributed by atoms with van der Waals surface area (Å²) >= 11 is 0. The fourth-order valence-electron chi connectivity index (χ4n) is 1.21. The molecule has 1 heterocycles. The van der Waals surface area contributed by atoms with Gasteiger partial charge in [0.1, 0.15) is 5.92 Å². The molecule has 2 aliphatic rings. The van der Waals surface area contributed by atoms with Gasteiger partial charge in [-0.15, -0.1) is 0 Å². The first-order valence-electron chi connectivity index (χ1n) is 3.51. The van der Waals surface area contributed by atoms with E-state index in [2.05, 4.69) is 10.2 Å². The lowest BCUT2D eigenvalue weighted by Crippen LogP contribution is -2.24. The predicted octanol–water partition coefficient (Wildman–Crippen LogP) is 0.624. The molecule has 0 bridgehead atoms. The summed E-state index contributed by atoms with van der Waals surface area (Å²) in [5, 5.41) is 16.2. The smallest absolute Gasteiger partial charge is 0.316 e. The van der Waals surface area contributed by atoms with Gasteiger partial charge in [-0.1, -0.05) is 18.2 Å². The second kappa shape index (κ2) is 2.41. The van der Waals surface area contributed by atoms with E-state index in [1.807, 2.05) is 0 Å².